The fourth-order valence-electron chi connectivity index (χ4n) is 2.95. The lowest BCUT2D eigenvalue weighted by molar-refractivity contribution is -0.138. The topological polar surface area (TPSA) is 58.9 Å². The van der Waals surface area contributed by atoms with Crippen LogP contribution in [0.25, 0.3) is 0 Å². The highest BCUT2D eigenvalue weighted by Crippen LogP contribution is 2.24. The quantitative estimate of drug-likeness (QED) is 0.777. The summed E-state index contributed by atoms with van der Waals surface area (Å²) < 4.78 is 11.3. The molecule has 1 heterocycles. The van der Waals surface area contributed by atoms with E-state index in [1.165, 1.54) is 11.1 Å². The van der Waals surface area contributed by atoms with Crippen LogP contribution in [-0.2, 0) is 22.3 Å². The van der Waals surface area contributed by atoms with Crippen LogP contribution in [0.1, 0.15) is 37.8 Å². The van der Waals surface area contributed by atoms with Gasteiger partial charge in [0, 0.05) is 0 Å². The van der Waals surface area contributed by atoms with Crippen molar-refractivity contribution >= 4 is 0 Å². The van der Waals surface area contributed by atoms with E-state index in [2.05, 4.69) is 24.3 Å². The second-order valence-electron chi connectivity index (χ2n) is 7.34. The summed E-state index contributed by atoms with van der Waals surface area (Å²) in [5, 5.41) is 17.6. The average molecular weight is 373 g/mol. The Morgan fingerprint density at radius 2 is 1.52 bits per heavy atom. The summed E-state index contributed by atoms with van der Waals surface area (Å²) in [7, 11) is 0. The molecule has 2 N–H and O–H groups in total. The molecule has 0 saturated carbocycles. The zero-order chi connectivity index (χ0) is 19.5. The van der Waals surface area contributed by atoms with E-state index >= 15 is 0 Å². The minimum atomic E-state index is -0.579. The van der Waals surface area contributed by atoms with Gasteiger partial charge in [0.1, 0.15) is 0 Å². The highest BCUT2D eigenvalue weighted by Gasteiger charge is 2.32. The zero-order valence-electron chi connectivity index (χ0n) is 16.4. The van der Waals surface area contributed by atoms with Crippen molar-refractivity contribution in [2.75, 3.05) is 13.2 Å². The highest BCUT2D eigenvalue weighted by atomic mass is 16.7. The van der Waals surface area contributed by atoms with E-state index in [-0.39, 0.29) is 18.5 Å². The van der Waals surface area contributed by atoms with Crippen LogP contribution in [-0.4, -0.2) is 41.4 Å². The molecule has 148 valence electrons. The summed E-state index contributed by atoms with van der Waals surface area (Å²) >= 11 is 0. The van der Waals surface area contributed by atoms with Gasteiger partial charge in [0.15, 0.2) is 5.79 Å². The molecule has 0 radical (unpaired) electrons. The molecule has 4 heteroatoms. The molecule has 2 aromatic rings. The molecule has 0 spiro atoms. The fourth-order valence-corrected chi connectivity index (χ4v) is 2.95. The Bertz CT molecular complexity index is 627. The average Bonchev–Trinajstić information content (AvgIpc) is 3.05. The van der Waals surface area contributed by atoms with E-state index in [4.69, 9.17) is 19.7 Å². The van der Waals surface area contributed by atoms with Crippen LogP contribution in [0.3, 0.4) is 0 Å². The Balaban J connectivity index is 0.000000199. The van der Waals surface area contributed by atoms with Gasteiger partial charge in [-0.15, -0.1) is 0 Å². The lowest BCUT2D eigenvalue weighted by atomic mass is 10.1. The van der Waals surface area contributed by atoms with E-state index in [1.807, 2.05) is 50.2 Å². The predicted octanol–water partition coefficient (Wildman–Crippen LogP) is 3.74. The third kappa shape index (κ3) is 8.67. The van der Waals surface area contributed by atoms with Crippen LogP contribution in [0.5, 0.6) is 0 Å². The lowest BCUT2D eigenvalue weighted by Gasteiger charge is -2.16. The van der Waals surface area contributed by atoms with E-state index < -0.39 is 6.10 Å². The highest BCUT2D eigenvalue weighted by molar-refractivity contribution is 5.15. The van der Waals surface area contributed by atoms with Gasteiger partial charge in [0.25, 0.3) is 0 Å². The number of aliphatic hydroxyl groups excluding tert-OH is 2. The van der Waals surface area contributed by atoms with Crippen molar-refractivity contribution in [3.05, 3.63) is 71.8 Å². The molecule has 1 aliphatic heterocycles. The Morgan fingerprint density at radius 1 is 0.963 bits per heavy atom. The largest absolute Gasteiger partial charge is 0.394 e. The van der Waals surface area contributed by atoms with Crippen molar-refractivity contribution in [3.63, 3.8) is 0 Å². The third-order valence-electron chi connectivity index (χ3n) is 4.48. The maximum atomic E-state index is 9.07. The monoisotopic (exact) mass is 372 g/mol. The van der Waals surface area contributed by atoms with E-state index in [0.29, 0.717) is 6.42 Å². The van der Waals surface area contributed by atoms with Crippen LogP contribution >= 0.6 is 0 Å². The summed E-state index contributed by atoms with van der Waals surface area (Å²) in [6, 6.07) is 20.4. The second kappa shape index (κ2) is 11.2. The van der Waals surface area contributed by atoms with Crippen LogP contribution in [0.4, 0.5) is 0 Å². The van der Waals surface area contributed by atoms with E-state index in [0.717, 1.165) is 25.9 Å². The van der Waals surface area contributed by atoms with Gasteiger partial charge in [0.2, 0.25) is 0 Å². The van der Waals surface area contributed by atoms with Crippen LogP contribution < -0.4 is 0 Å². The van der Waals surface area contributed by atoms with Crippen LogP contribution in [0.15, 0.2) is 60.7 Å². The molecule has 3 rings (SSSR count). The van der Waals surface area contributed by atoms with Crippen LogP contribution in [0, 0.1) is 0 Å². The molecule has 0 bridgehead atoms. The summed E-state index contributed by atoms with van der Waals surface area (Å²) in [6.45, 7) is 4.51. The smallest absolute Gasteiger partial charge is 0.163 e. The molecule has 0 aromatic heterocycles. The minimum absolute atomic E-state index is 0.146. The van der Waals surface area contributed by atoms with E-state index in [1.54, 1.807) is 0 Å². The number of ether oxygens (including phenoxy) is 2. The fraction of sp³-hybridized carbons (Fsp3) is 0.478. The summed E-state index contributed by atoms with van der Waals surface area (Å²) in [4.78, 5) is 0. The Morgan fingerprint density at radius 3 is 2.00 bits per heavy atom. The first-order chi connectivity index (χ1) is 13.0. The van der Waals surface area contributed by atoms with Crippen LogP contribution in [0.2, 0.25) is 0 Å². The SMILES string of the molecule is CC1(C)OC[C@H](CCc2ccccc2)O1.OC[C@@H](O)CCc1ccccc1. The zero-order valence-corrected chi connectivity index (χ0v) is 16.4. The number of benzene rings is 2. The molecule has 27 heavy (non-hydrogen) atoms. The third-order valence-corrected chi connectivity index (χ3v) is 4.48. The lowest BCUT2D eigenvalue weighted by Crippen LogP contribution is -2.21. The first-order valence-corrected chi connectivity index (χ1v) is 9.67. The first-order valence-electron chi connectivity index (χ1n) is 9.67. The molecule has 1 saturated heterocycles. The van der Waals surface area contributed by atoms with Gasteiger partial charge < -0.3 is 19.7 Å². The predicted molar refractivity (Wildman–Crippen MR) is 108 cm³/mol. The number of aryl methyl sites for hydroxylation is 2. The standard InChI is InChI=1S/C13H18O2.C10H14O2/c1-13(2)14-10-12(15-13)9-8-11-6-4-3-5-7-11;11-8-10(12)7-6-9-4-2-1-3-5-9/h3-7,12H,8-10H2,1-2H3;1-5,10-12H,6-8H2/t12-;10-/m00/s1. The molecular formula is C23H32O4. The first kappa shape index (κ1) is 21.6. The molecule has 1 aliphatic rings. The molecule has 2 atom stereocenters. The maximum Gasteiger partial charge on any atom is 0.163 e. The normalized spacial score (nSPS) is 19.2. The summed E-state index contributed by atoms with van der Waals surface area (Å²) in [5.41, 5.74) is 2.57. The van der Waals surface area contributed by atoms with Gasteiger partial charge in [-0.3, -0.25) is 0 Å². The van der Waals surface area contributed by atoms with Gasteiger partial charge in [-0.25, -0.2) is 0 Å². The molecule has 0 aliphatic carbocycles. The molecule has 1 fully saturated rings. The molecular weight excluding hydrogens is 340 g/mol. The minimum Gasteiger partial charge on any atom is -0.394 e. The van der Waals surface area contributed by atoms with Gasteiger partial charge in [-0.05, 0) is 50.7 Å². The Kier molecular flexibility index (Phi) is 8.95. The Labute approximate surface area is 162 Å². The number of hydrogen-bond acceptors (Lipinski definition) is 4. The van der Waals surface area contributed by atoms with Gasteiger partial charge in [0.05, 0.1) is 25.4 Å². The van der Waals surface area contributed by atoms with Crippen molar-refractivity contribution in [3.8, 4) is 0 Å². The van der Waals surface area contributed by atoms with Crippen molar-refractivity contribution in [1.82, 2.24) is 0 Å². The molecule has 4 nitrogen and oxygen atoms in total. The number of hydrogen-bond donors (Lipinski definition) is 2. The van der Waals surface area contributed by atoms with E-state index in [9.17, 15) is 0 Å². The van der Waals surface area contributed by atoms with Gasteiger partial charge in [-0.1, -0.05) is 60.7 Å². The van der Waals surface area contributed by atoms with Crippen molar-refractivity contribution in [1.29, 1.82) is 0 Å². The maximum absolute atomic E-state index is 9.07. The van der Waals surface area contributed by atoms with Gasteiger partial charge in [-0.2, -0.15) is 0 Å². The molecule has 2 aromatic carbocycles. The van der Waals surface area contributed by atoms with Crippen molar-refractivity contribution in [2.45, 2.75) is 57.5 Å². The molecule has 0 amide bonds. The summed E-state index contributed by atoms with van der Waals surface area (Å²) in [6.07, 6.45) is 3.21. The number of aliphatic hydroxyl groups is 2. The number of rotatable bonds is 7. The van der Waals surface area contributed by atoms with Crippen molar-refractivity contribution < 1.29 is 19.7 Å². The van der Waals surface area contributed by atoms with Gasteiger partial charge >= 0.3 is 0 Å². The Hall–Kier alpha value is -1.72. The molecule has 0 unspecified atom stereocenters. The second-order valence-corrected chi connectivity index (χ2v) is 7.34. The van der Waals surface area contributed by atoms with Crippen molar-refractivity contribution in [2.24, 2.45) is 0 Å². The summed E-state index contributed by atoms with van der Waals surface area (Å²) in [5.74, 6) is -0.388.